The van der Waals surface area contributed by atoms with E-state index in [1.54, 1.807) is 0 Å². The number of nitrogen functional groups attached to an aromatic ring is 1. The van der Waals surface area contributed by atoms with Crippen molar-refractivity contribution in [2.75, 3.05) is 12.3 Å². The summed E-state index contributed by atoms with van der Waals surface area (Å²) in [5, 5.41) is 44.4. The highest BCUT2D eigenvalue weighted by Gasteiger charge is 2.65. The molecule has 0 spiro atoms. The Labute approximate surface area is 256 Å². The van der Waals surface area contributed by atoms with Gasteiger partial charge in [-0.2, -0.15) is 14.4 Å². The molecule has 240 valence electrons. The average molecular weight is 663 g/mol. The zero-order chi connectivity index (χ0) is 33.3. The van der Waals surface area contributed by atoms with Crippen molar-refractivity contribution in [1.29, 1.82) is 0 Å². The number of carbonyl (C=O) groups excluding carboxylic acids is 5. The number of aromatic nitrogens is 4. The topological polar surface area (TPSA) is 337 Å². The van der Waals surface area contributed by atoms with E-state index in [1.165, 1.54) is 0 Å². The number of hydrogen-bond donors (Lipinski definition) is 6. The van der Waals surface area contributed by atoms with Gasteiger partial charge in [0.2, 0.25) is 17.1 Å². The Balaban J connectivity index is 1.22. The van der Waals surface area contributed by atoms with Crippen LogP contribution in [0.1, 0.15) is 46.1 Å². The molecule has 2 unspecified atom stereocenters. The number of carbonyl (C=O) groups is 7. The molecule has 7 N–H and O–H groups in total. The predicted molar refractivity (Wildman–Crippen MR) is 137 cm³/mol. The van der Waals surface area contributed by atoms with Gasteiger partial charge in [0.1, 0.15) is 18.7 Å². The van der Waals surface area contributed by atoms with Gasteiger partial charge in [-0.15, -0.1) is 0 Å². The lowest BCUT2D eigenvalue weighted by Crippen LogP contribution is -2.57. The highest BCUT2D eigenvalue weighted by Crippen LogP contribution is 2.41. The number of nitrogens with two attached hydrogens (primary N) is 1. The van der Waals surface area contributed by atoms with Gasteiger partial charge in [-0.3, -0.25) is 28.9 Å². The number of nitrogens with zero attached hydrogens (tertiary/aromatic N) is 7. The number of nitrogens with one attached hydrogen (secondary N) is 1. The quantitative estimate of drug-likeness (QED) is 0.0650. The molecular weight excluding hydrogens is 646 g/mol. The second kappa shape index (κ2) is 10.3. The molecule has 24 heteroatoms. The molecule has 46 heavy (non-hydrogen) atoms. The molecule has 6 rings (SSSR count). The minimum atomic E-state index is -2.95. The van der Waals surface area contributed by atoms with E-state index in [0.29, 0.717) is 11.5 Å². The van der Waals surface area contributed by atoms with E-state index in [9.17, 15) is 54.0 Å². The maximum Gasteiger partial charge on any atom is 0.372 e. The molecule has 0 aromatic carbocycles. The fraction of sp³-hybridized carbons (Fsp3) is 0.364. The Morgan fingerprint density at radius 3 is 2.17 bits per heavy atom. The molecule has 4 aliphatic rings. The number of anilines is 1. The van der Waals surface area contributed by atoms with Crippen molar-refractivity contribution < 1.29 is 68.4 Å². The van der Waals surface area contributed by atoms with Crippen molar-refractivity contribution >= 4 is 63.9 Å². The van der Waals surface area contributed by atoms with Gasteiger partial charge in [-0.05, 0) is 0 Å². The van der Waals surface area contributed by atoms with Crippen LogP contribution >= 0.6 is 11.5 Å². The molecule has 1 saturated carbocycles. The van der Waals surface area contributed by atoms with Crippen LogP contribution in [0.15, 0.2) is 5.16 Å². The van der Waals surface area contributed by atoms with E-state index in [-0.39, 0.29) is 33.8 Å². The molecule has 0 bridgehead atoms. The second-order valence-electron chi connectivity index (χ2n) is 10.0. The third-order valence-electron chi connectivity index (χ3n) is 7.14. The molecular formula is C22H17N9O14S. The highest BCUT2D eigenvalue weighted by atomic mass is 32.1. The Morgan fingerprint density at radius 1 is 1.02 bits per heavy atom. The number of oxime groups is 1. The first kappa shape index (κ1) is 30.0. The van der Waals surface area contributed by atoms with E-state index >= 15 is 0 Å². The van der Waals surface area contributed by atoms with Crippen molar-refractivity contribution in [3.8, 4) is 11.8 Å². The first-order chi connectivity index (χ1) is 21.7. The molecule has 0 radical (unpaired) electrons. The molecule has 2 saturated heterocycles. The van der Waals surface area contributed by atoms with Gasteiger partial charge in [0, 0.05) is 24.4 Å². The molecule has 3 atom stereocenters. The van der Waals surface area contributed by atoms with Gasteiger partial charge in [-0.25, -0.2) is 24.4 Å². The van der Waals surface area contributed by atoms with Crippen LogP contribution < -0.4 is 11.1 Å². The van der Waals surface area contributed by atoms with Crippen LogP contribution in [0.25, 0.3) is 0 Å². The number of aliphatic carboxylic acids is 2. The summed E-state index contributed by atoms with van der Waals surface area (Å²) in [6.07, 6.45) is -0.878. The highest BCUT2D eigenvalue weighted by molar-refractivity contribution is 7.09. The number of rotatable bonds is 9. The summed E-state index contributed by atoms with van der Waals surface area (Å²) in [6, 6.07) is -3.63. The zero-order valence-corrected chi connectivity index (χ0v) is 23.3. The van der Waals surface area contributed by atoms with Crippen LogP contribution in [-0.2, 0) is 38.4 Å². The maximum atomic E-state index is 13.3. The van der Waals surface area contributed by atoms with Gasteiger partial charge in [0.15, 0.2) is 16.5 Å². The first-order valence-electron chi connectivity index (χ1n) is 12.7. The predicted octanol–water partition coefficient (Wildman–Crippen LogP) is -3.69. The minimum absolute atomic E-state index is 0.0902. The molecule has 5 heterocycles. The average Bonchev–Trinajstić information content (AvgIpc) is 3.21. The summed E-state index contributed by atoms with van der Waals surface area (Å²) in [4.78, 5) is 110. The number of carboxylic acids is 2. The number of aromatic hydroxyl groups is 2. The summed E-state index contributed by atoms with van der Waals surface area (Å²) in [7, 11) is 0. The van der Waals surface area contributed by atoms with E-state index in [4.69, 9.17) is 20.1 Å². The number of hydrogen-bond acceptors (Lipinski definition) is 19. The molecule has 2 aromatic rings. The number of esters is 1. The molecule has 3 aliphatic heterocycles. The molecule has 1 aliphatic carbocycles. The van der Waals surface area contributed by atoms with Crippen molar-refractivity contribution in [2.45, 2.75) is 42.7 Å². The lowest BCUT2D eigenvalue weighted by Gasteiger charge is -2.30. The molecule has 2 aromatic heterocycles. The zero-order valence-electron chi connectivity index (χ0n) is 22.5. The third kappa shape index (κ3) is 4.53. The lowest BCUT2D eigenvalue weighted by molar-refractivity contribution is -0.256. The number of fused-ring (bicyclic) bond motifs is 1. The monoisotopic (exact) mass is 663 g/mol. The van der Waals surface area contributed by atoms with Crippen molar-refractivity contribution in [3.63, 3.8) is 0 Å². The number of imide groups is 1. The van der Waals surface area contributed by atoms with E-state index in [0.717, 1.165) is 0 Å². The minimum Gasteiger partial charge on any atom is -0.489 e. The van der Waals surface area contributed by atoms with E-state index < -0.39 is 107 Å². The standard InChI is InChI=1S/C22H17N9O14S/c23-20-27-10(29-46-20)9(28-45-21(1-2-21)18(39)40)11(32)24-5-4-43-31(14(5)35)22(19(41)42)3-6(17(38)44-22)30-15(36)7-8(16(30)37)26-13(34)12(33)25-7/h5-6H,1-4H2,(H,24,32)(H,25,33)(H,26,34)(H,39,40)(H,41,42)(H2,23,27,29)/b28-9-/t5-,6?,22?/m0/s1. The summed E-state index contributed by atoms with van der Waals surface area (Å²) >= 11 is 0.663. The van der Waals surface area contributed by atoms with Crippen LogP contribution in [-0.4, -0.2) is 127 Å². The number of hydroxylamine groups is 2. The van der Waals surface area contributed by atoms with E-state index in [1.807, 2.05) is 0 Å². The van der Waals surface area contributed by atoms with Crippen molar-refractivity contribution in [3.05, 3.63) is 17.2 Å². The molecule has 23 nitrogen and oxygen atoms in total. The Bertz CT molecular complexity index is 1770. The smallest absolute Gasteiger partial charge is 0.372 e. The van der Waals surface area contributed by atoms with Crippen molar-refractivity contribution in [1.82, 2.24) is 34.6 Å². The van der Waals surface area contributed by atoms with Crippen LogP contribution in [0.4, 0.5) is 5.13 Å². The largest absolute Gasteiger partial charge is 0.489 e. The lowest BCUT2D eigenvalue weighted by atomic mass is 10.0. The second-order valence-corrected chi connectivity index (χ2v) is 10.8. The summed E-state index contributed by atoms with van der Waals surface area (Å²) in [6.45, 7) is -0.721. The molecule has 4 amide bonds. The van der Waals surface area contributed by atoms with Crippen LogP contribution in [0, 0.1) is 0 Å². The number of cyclic esters (lactones) is 1. The van der Waals surface area contributed by atoms with Gasteiger partial charge >= 0.3 is 23.6 Å². The summed E-state index contributed by atoms with van der Waals surface area (Å²) < 4.78 is 8.85. The third-order valence-corrected chi connectivity index (χ3v) is 7.68. The van der Waals surface area contributed by atoms with Gasteiger partial charge in [0.05, 0.1) is 6.42 Å². The fourth-order valence-corrected chi connectivity index (χ4v) is 5.06. The Kier molecular flexibility index (Phi) is 6.69. The Morgan fingerprint density at radius 2 is 1.65 bits per heavy atom. The summed E-state index contributed by atoms with van der Waals surface area (Å²) in [5.41, 5.74) is -1.24. The number of carboxylic acid groups (broad SMARTS) is 2. The van der Waals surface area contributed by atoms with Gasteiger partial charge in [0.25, 0.3) is 35.4 Å². The maximum absolute atomic E-state index is 13.3. The van der Waals surface area contributed by atoms with Gasteiger partial charge < -0.3 is 41.1 Å². The van der Waals surface area contributed by atoms with Crippen LogP contribution in [0.3, 0.4) is 0 Å². The normalized spacial score (nSPS) is 25.0. The summed E-state index contributed by atoms with van der Waals surface area (Å²) in [5.74, 6) is -12.4. The fourth-order valence-electron chi connectivity index (χ4n) is 4.62. The van der Waals surface area contributed by atoms with Crippen molar-refractivity contribution in [2.24, 2.45) is 5.16 Å². The van der Waals surface area contributed by atoms with Crippen LogP contribution in [0.2, 0.25) is 0 Å². The van der Waals surface area contributed by atoms with Crippen LogP contribution in [0.5, 0.6) is 11.8 Å². The van der Waals surface area contributed by atoms with E-state index in [2.05, 4.69) is 29.8 Å². The SMILES string of the molecule is Nc1nc(/C(=N/OC2(C(=O)O)CC2)C(=O)N[C@H]2CON(C3(C(=O)O)CC(N4C(=O)c5nc(O)c(O)nc5C4=O)C(=O)O3)C2=O)ns1. The first-order valence-corrected chi connectivity index (χ1v) is 13.5. The Hall–Kier alpha value is -6.04. The van der Waals surface area contributed by atoms with Gasteiger partial charge in [-0.1, -0.05) is 5.16 Å². The number of ether oxygens (including phenoxy) is 1. The number of amides is 4. The molecule has 3 fully saturated rings.